The van der Waals surface area contributed by atoms with E-state index in [0.29, 0.717) is 18.9 Å². The van der Waals surface area contributed by atoms with Gasteiger partial charge in [0, 0.05) is 19.5 Å². The van der Waals surface area contributed by atoms with Gasteiger partial charge in [0.25, 0.3) is 5.91 Å². The van der Waals surface area contributed by atoms with Crippen LogP contribution in [0.5, 0.6) is 0 Å². The van der Waals surface area contributed by atoms with Gasteiger partial charge in [0.1, 0.15) is 0 Å². The Labute approximate surface area is 110 Å². The number of amides is 1. The van der Waals surface area contributed by atoms with E-state index in [2.05, 4.69) is 0 Å². The average molecular weight is 267 g/mol. The summed E-state index contributed by atoms with van der Waals surface area (Å²) in [6, 6.07) is 3.72. The minimum absolute atomic E-state index is 0.0880. The summed E-state index contributed by atoms with van der Waals surface area (Å²) < 4.78 is 0. The van der Waals surface area contributed by atoms with Gasteiger partial charge in [-0.05, 0) is 36.6 Å². The third-order valence-corrected chi connectivity index (χ3v) is 4.16. The number of piperidine rings is 1. The first-order chi connectivity index (χ1) is 8.66. The van der Waals surface area contributed by atoms with Crippen LogP contribution in [0.15, 0.2) is 17.5 Å². The van der Waals surface area contributed by atoms with Crippen molar-refractivity contribution < 1.29 is 14.7 Å². The number of carboxylic acids is 1. The summed E-state index contributed by atoms with van der Waals surface area (Å²) in [5, 5.41) is 10.6. The molecule has 1 fully saturated rings. The third-order valence-electron chi connectivity index (χ3n) is 3.30. The molecule has 1 aliphatic rings. The average Bonchev–Trinajstić information content (AvgIpc) is 2.89. The number of likely N-dealkylation sites (tertiary alicyclic amines) is 1. The predicted molar refractivity (Wildman–Crippen MR) is 69.8 cm³/mol. The van der Waals surface area contributed by atoms with E-state index in [9.17, 15) is 9.59 Å². The fourth-order valence-corrected chi connectivity index (χ4v) is 3.06. The van der Waals surface area contributed by atoms with Gasteiger partial charge in [0.05, 0.1) is 4.88 Å². The fourth-order valence-electron chi connectivity index (χ4n) is 2.37. The Morgan fingerprint density at radius 3 is 3.00 bits per heavy atom. The zero-order valence-corrected chi connectivity index (χ0v) is 11.0. The van der Waals surface area contributed by atoms with Crippen LogP contribution in [0, 0.1) is 5.92 Å². The van der Waals surface area contributed by atoms with Crippen LogP contribution in [0.2, 0.25) is 0 Å². The van der Waals surface area contributed by atoms with Crippen LogP contribution in [-0.2, 0) is 4.79 Å². The molecule has 2 heterocycles. The van der Waals surface area contributed by atoms with E-state index in [1.165, 1.54) is 11.3 Å². The van der Waals surface area contributed by atoms with Crippen molar-refractivity contribution in [3.05, 3.63) is 22.4 Å². The van der Waals surface area contributed by atoms with Crippen molar-refractivity contribution in [2.24, 2.45) is 5.92 Å². The lowest BCUT2D eigenvalue weighted by molar-refractivity contribution is -0.137. The maximum Gasteiger partial charge on any atom is 0.303 e. The smallest absolute Gasteiger partial charge is 0.303 e. The van der Waals surface area contributed by atoms with Crippen LogP contribution < -0.4 is 0 Å². The lowest BCUT2D eigenvalue weighted by Gasteiger charge is -2.32. The first kappa shape index (κ1) is 13.1. The molecule has 5 heteroatoms. The molecule has 1 aromatic heterocycles. The number of hydrogen-bond donors (Lipinski definition) is 1. The number of rotatable bonds is 4. The van der Waals surface area contributed by atoms with E-state index in [1.54, 1.807) is 0 Å². The number of carbonyl (C=O) groups excluding carboxylic acids is 1. The molecule has 4 nitrogen and oxygen atoms in total. The summed E-state index contributed by atoms with van der Waals surface area (Å²) in [4.78, 5) is 25.4. The molecule has 0 bridgehead atoms. The van der Waals surface area contributed by atoms with Crippen molar-refractivity contribution in [2.45, 2.75) is 25.7 Å². The van der Waals surface area contributed by atoms with Crippen LogP contribution in [0.4, 0.5) is 0 Å². The quantitative estimate of drug-likeness (QED) is 0.911. The van der Waals surface area contributed by atoms with Gasteiger partial charge in [0.15, 0.2) is 0 Å². The van der Waals surface area contributed by atoms with Crippen molar-refractivity contribution in [2.75, 3.05) is 13.1 Å². The number of nitrogens with zero attached hydrogens (tertiary/aromatic N) is 1. The molecule has 0 saturated carbocycles. The topological polar surface area (TPSA) is 57.6 Å². The molecule has 0 aliphatic carbocycles. The van der Waals surface area contributed by atoms with Gasteiger partial charge in [-0.2, -0.15) is 0 Å². The third kappa shape index (κ3) is 3.32. The fraction of sp³-hybridized carbons (Fsp3) is 0.538. The van der Waals surface area contributed by atoms with E-state index in [4.69, 9.17) is 5.11 Å². The summed E-state index contributed by atoms with van der Waals surface area (Å²) in [7, 11) is 0. The zero-order chi connectivity index (χ0) is 13.0. The highest BCUT2D eigenvalue weighted by atomic mass is 32.1. The van der Waals surface area contributed by atoms with Crippen molar-refractivity contribution in [1.29, 1.82) is 0 Å². The molecular formula is C13H17NO3S. The Kier molecular flexibility index (Phi) is 4.36. The van der Waals surface area contributed by atoms with Crippen LogP contribution in [0.3, 0.4) is 0 Å². The van der Waals surface area contributed by atoms with E-state index < -0.39 is 5.97 Å². The van der Waals surface area contributed by atoms with Crippen molar-refractivity contribution in [3.8, 4) is 0 Å². The molecular weight excluding hydrogens is 250 g/mol. The second-order valence-corrected chi connectivity index (χ2v) is 5.62. The Morgan fingerprint density at radius 1 is 1.50 bits per heavy atom. The summed E-state index contributed by atoms with van der Waals surface area (Å²) in [6.45, 7) is 1.49. The Bertz CT molecular complexity index is 416. The Morgan fingerprint density at radius 2 is 2.33 bits per heavy atom. The van der Waals surface area contributed by atoms with Crippen LogP contribution in [0.1, 0.15) is 35.4 Å². The lowest BCUT2D eigenvalue weighted by Crippen LogP contribution is -2.39. The number of hydrogen-bond acceptors (Lipinski definition) is 3. The first-order valence-electron chi connectivity index (χ1n) is 6.21. The number of thiophene rings is 1. The lowest BCUT2D eigenvalue weighted by atomic mass is 9.93. The Balaban J connectivity index is 1.90. The van der Waals surface area contributed by atoms with Crippen molar-refractivity contribution in [1.82, 2.24) is 4.90 Å². The highest BCUT2D eigenvalue weighted by Gasteiger charge is 2.25. The van der Waals surface area contributed by atoms with Gasteiger partial charge in [-0.25, -0.2) is 0 Å². The summed E-state index contributed by atoms with van der Waals surface area (Å²) in [6.07, 6.45) is 2.87. The molecule has 1 N–H and O–H groups in total. The SMILES string of the molecule is O=C(O)CCC1CCCN(C(=O)c2cccs2)C1. The molecule has 1 saturated heterocycles. The minimum Gasteiger partial charge on any atom is -0.481 e. The van der Waals surface area contributed by atoms with E-state index in [0.717, 1.165) is 24.3 Å². The highest BCUT2D eigenvalue weighted by molar-refractivity contribution is 7.12. The first-order valence-corrected chi connectivity index (χ1v) is 7.09. The summed E-state index contributed by atoms with van der Waals surface area (Å²) >= 11 is 1.46. The van der Waals surface area contributed by atoms with E-state index >= 15 is 0 Å². The molecule has 98 valence electrons. The molecule has 18 heavy (non-hydrogen) atoms. The van der Waals surface area contributed by atoms with Crippen molar-refractivity contribution >= 4 is 23.2 Å². The molecule has 0 spiro atoms. The minimum atomic E-state index is -0.753. The normalized spacial score (nSPS) is 19.8. The van der Waals surface area contributed by atoms with Crippen LogP contribution in [0.25, 0.3) is 0 Å². The van der Waals surface area contributed by atoms with Gasteiger partial charge in [-0.1, -0.05) is 6.07 Å². The number of carboxylic acid groups (broad SMARTS) is 1. The maximum atomic E-state index is 12.2. The second kappa shape index (κ2) is 6.00. The monoisotopic (exact) mass is 267 g/mol. The maximum absolute atomic E-state index is 12.2. The standard InChI is InChI=1S/C13H17NO3S/c15-12(16)6-5-10-3-1-7-14(9-10)13(17)11-4-2-8-18-11/h2,4,8,10H,1,3,5-7,9H2,(H,15,16). The molecule has 1 unspecified atom stereocenters. The van der Waals surface area contributed by atoms with Gasteiger partial charge >= 0.3 is 5.97 Å². The summed E-state index contributed by atoms with van der Waals surface area (Å²) in [5.41, 5.74) is 0. The second-order valence-electron chi connectivity index (χ2n) is 4.67. The molecule has 1 atom stereocenters. The molecule has 2 rings (SSSR count). The number of aliphatic carboxylic acids is 1. The predicted octanol–water partition coefficient (Wildman–Crippen LogP) is 2.47. The molecule has 0 radical (unpaired) electrons. The van der Waals surface area contributed by atoms with E-state index in [1.807, 2.05) is 22.4 Å². The molecule has 1 aliphatic heterocycles. The highest BCUT2D eigenvalue weighted by Crippen LogP contribution is 2.23. The van der Waals surface area contributed by atoms with E-state index in [-0.39, 0.29) is 12.3 Å². The van der Waals surface area contributed by atoms with Gasteiger partial charge in [-0.15, -0.1) is 11.3 Å². The van der Waals surface area contributed by atoms with Crippen molar-refractivity contribution in [3.63, 3.8) is 0 Å². The Hall–Kier alpha value is -1.36. The van der Waals surface area contributed by atoms with Gasteiger partial charge in [0.2, 0.25) is 0 Å². The zero-order valence-electron chi connectivity index (χ0n) is 10.2. The molecule has 1 amide bonds. The number of carbonyl (C=O) groups is 2. The van der Waals surface area contributed by atoms with Crippen LogP contribution in [-0.4, -0.2) is 35.0 Å². The van der Waals surface area contributed by atoms with Gasteiger partial charge < -0.3 is 10.0 Å². The largest absolute Gasteiger partial charge is 0.481 e. The summed E-state index contributed by atoms with van der Waals surface area (Å²) in [5.74, 6) is -0.333. The van der Waals surface area contributed by atoms with Gasteiger partial charge in [-0.3, -0.25) is 9.59 Å². The molecule has 1 aromatic rings. The molecule has 0 aromatic carbocycles. The van der Waals surface area contributed by atoms with Crippen LogP contribution >= 0.6 is 11.3 Å².